The van der Waals surface area contributed by atoms with Crippen molar-refractivity contribution >= 4 is 11.6 Å². The van der Waals surface area contributed by atoms with Crippen molar-refractivity contribution in [2.24, 2.45) is 0 Å². The first-order valence-corrected chi connectivity index (χ1v) is 7.19. The Morgan fingerprint density at radius 3 is 2.78 bits per heavy atom. The molecule has 1 fully saturated rings. The maximum Gasteiger partial charge on any atom is 0.124 e. The molecule has 0 spiro atoms. The molecule has 0 atom stereocenters. The molecule has 1 aliphatic rings. The Kier molecular flexibility index (Phi) is 4.52. The van der Waals surface area contributed by atoms with E-state index in [4.69, 9.17) is 16.3 Å². The quantitative estimate of drug-likeness (QED) is 0.788. The lowest BCUT2D eigenvalue weighted by atomic mass is 9.77. The number of ether oxygens (including phenoxy) is 1. The molecule has 2 nitrogen and oxygen atoms in total. The van der Waals surface area contributed by atoms with Crippen molar-refractivity contribution < 1.29 is 4.74 Å². The van der Waals surface area contributed by atoms with Crippen molar-refractivity contribution in [2.45, 2.75) is 45.1 Å². The maximum absolute atomic E-state index is 6.27. The van der Waals surface area contributed by atoms with Crippen LogP contribution in [0.1, 0.15) is 38.2 Å². The van der Waals surface area contributed by atoms with Gasteiger partial charge in [-0.1, -0.05) is 24.6 Å². The number of rotatable bonds is 6. The monoisotopic (exact) mass is 267 g/mol. The Balaban J connectivity index is 2.03. The van der Waals surface area contributed by atoms with E-state index in [9.17, 15) is 0 Å². The van der Waals surface area contributed by atoms with Crippen molar-refractivity contribution in [3.8, 4) is 5.75 Å². The van der Waals surface area contributed by atoms with Gasteiger partial charge >= 0.3 is 0 Å². The zero-order valence-electron chi connectivity index (χ0n) is 11.3. The maximum atomic E-state index is 6.27. The predicted octanol–water partition coefficient (Wildman–Crippen LogP) is 3.95. The summed E-state index contributed by atoms with van der Waals surface area (Å²) in [5.74, 6) is 0.943. The van der Waals surface area contributed by atoms with Crippen LogP contribution in [0.25, 0.3) is 0 Å². The van der Waals surface area contributed by atoms with E-state index in [1.807, 2.05) is 18.2 Å². The van der Waals surface area contributed by atoms with E-state index in [0.717, 1.165) is 48.7 Å². The van der Waals surface area contributed by atoms with Crippen LogP contribution in [0, 0.1) is 6.92 Å². The molecule has 0 unspecified atom stereocenters. The van der Waals surface area contributed by atoms with Crippen LogP contribution in [-0.4, -0.2) is 18.7 Å². The lowest BCUT2D eigenvalue weighted by Gasteiger charge is -2.42. The fraction of sp³-hybridized carbons (Fsp3) is 0.600. The molecular weight excluding hydrogens is 246 g/mol. The third-order valence-corrected chi connectivity index (χ3v) is 3.98. The van der Waals surface area contributed by atoms with Gasteiger partial charge in [-0.25, -0.2) is 0 Å². The highest BCUT2D eigenvalue weighted by Crippen LogP contribution is 2.40. The molecule has 1 saturated carbocycles. The predicted molar refractivity (Wildman–Crippen MR) is 76.6 cm³/mol. The zero-order valence-corrected chi connectivity index (χ0v) is 12.0. The fourth-order valence-electron chi connectivity index (χ4n) is 2.38. The summed E-state index contributed by atoms with van der Waals surface area (Å²) in [7, 11) is 0. The zero-order chi connectivity index (χ0) is 13.0. The van der Waals surface area contributed by atoms with E-state index in [-0.39, 0.29) is 5.60 Å². The summed E-state index contributed by atoms with van der Waals surface area (Å²) in [6.45, 7) is 6.25. The van der Waals surface area contributed by atoms with E-state index >= 15 is 0 Å². The summed E-state index contributed by atoms with van der Waals surface area (Å²) < 4.78 is 6.27. The van der Waals surface area contributed by atoms with Gasteiger partial charge in [-0.2, -0.15) is 0 Å². The van der Waals surface area contributed by atoms with Gasteiger partial charge in [0.15, 0.2) is 0 Å². The smallest absolute Gasteiger partial charge is 0.124 e. The summed E-state index contributed by atoms with van der Waals surface area (Å²) in [6.07, 6.45) is 4.66. The second-order valence-corrected chi connectivity index (χ2v) is 5.59. The molecule has 0 radical (unpaired) electrons. The normalized spacial score (nSPS) is 17.3. The summed E-state index contributed by atoms with van der Waals surface area (Å²) in [4.78, 5) is 0. The SMILES string of the molecule is CCNCCC1(Oc2cc(Cl)ccc2C)CCC1. The van der Waals surface area contributed by atoms with Crippen molar-refractivity contribution in [3.05, 3.63) is 28.8 Å². The Hall–Kier alpha value is -0.730. The van der Waals surface area contributed by atoms with Crippen LogP contribution in [0.2, 0.25) is 5.02 Å². The highest BCUT2D eigenvalue weighted by Gasteiger charge is 2.39. The molecule has 0 aliphatic heterocycles. The van der Waals surface area contributed by atoms with Crippen LogP contribution in [0.15, 0.2) is 18.2 Å². The summed E-state index contributed by atoms with van der Waals surface area (Å²) in [6, 6.07) is 5.87. The number of nitrogens with one attached hydrogen (secondary N) is 1. The highest BCUT2D eigenvalue weighted by atomic mass is 35.5. The molecule has 0 saturated heterocycles. The van der Waals surface area contributed by atoms with Crippen LogP contribution in [0.3, 0.4) is 0 Å². The summed E-state index contributed by atoms with van der Waals surface area (Å²) in [5, 5.41) is 4.12. The van der Waals surface area contributed by atoms with E-state index in [1.165, 1.54) is 6.42 Å². The number of hydrogen-bond acceptors (Lipinski definition) is 2. The van der Waals surface area contributed by atoms with Crippen LogP contribution in [0.4, 0.5) is 0 Å². The minimum absolute atomic E-state index is 0.0393. The highest BCUT2D eigenvalue weighted by molar-refractivity contribution is 6.30. The van der Waals surface area contributed by atoms with Gasteiger partial charge in [0.25, 0.3) is 0 Å². The number of benzene rings is 1. The standard InChI is InChI=1S/C15H22ClNO/c1-3-17-10-9-15(7-4-8-15)18-14-11-13(16)6-5-12(14)2/h5-6,11,17H,3-4,7-10H2,1-2H3. The van der Waals surface area contributed by atoms with E-state index in [2.05, 4.69) is 19.2 Å². The molecule has 0 aromatic heterocycles. The Morgan fingerprint density at radius 2 is 2.17 bits per heavy atom. The Morgan fingerprint density at radius 1 is 1.39 bits per heavy atom. The third-order valence-electron chi connectivity index (χ3n) is 3.75. The Bertz CT molecular complexity index is 401. The molecule has 3 heteroatoms. The summed E-state index contributed by atoms with van der Waals surface area (Å²) in [5.41, 5.74) is 1.20. The van der Waals surface area contributed by atoms with Crippen LogP contribution in [-0.2, 0) is 0 Å². The lowest BCUT2D eigenvalue weighted by Crippen LogP contribution is -2.45. The van der Waals surface area contributed by atoms with Gasteiger partial charge in [-0.05, 0) is 63.4 Å². The van der Waals surface area contributed by atoms with Gasteiger partial charge in [-0.15, -0.1) is 0 Å². The first-order valence-electron chi connectivity index (χ1n) is 6.81. The molecule has 1 N–H and O–H groups in total. The van der Waals surface area contributed by atoms with Crippen LogP contribution < -0.4 is 10.1 Å². The van der Waals surface area contributed by atoms with Gasteiger partial charge in [0.1, 0.15) is 11.4 Å². The van der Waals surface area contributed by atoms with Crippen molar-refractivity contribution in [1.29, 1.82) is 0 Å². The second kappa shape index (κ2) is 5.94. The van der Waals surface area contributed by atoms with Gasteiger partial charge in [0.2, 0.25) is 0 Å². The second-order valence-electron chi connectivity index (χ2n) is 5.15. The molecule has 0 heterocycles. The molecule has 1 aromatic carbocycles. The summed E-state index contributed by atoms with van der Waals surface area (Å²) >= 11 is 6.04. The molecule has 100 valence electrons. The first kappa shape index (κ1) is 13.7. The average Bonchev–Trinajstić information content (AvgIpc) is 2.30. The van der Waals surface area contributed by atoms with E-state index in [1.54, 1.807) is 0 Å². The largest absolute Gasteiger partial charge is 0.487 e. The van der Waals surface area contributed by atoms with Gasteiger partial charge < -0.3 is 10.1 Å². The van der Waals surface area contributed by atoms with E-state index < -0.39 is 0 Å². The van der Waals surface area contributed by atoms with Crippen molar-refractivity contribution in [1.82, 2.24) is 5.32 Å². The minimum Gasteiger partial charge on any atom is -0.487 e. The van der Waals surface area contributed by atoms with Gasteiger partial charge in [0.05, 0.1) is 0 Å². The fourth-order valence-corrected chi connectivity index (χ4v) is 2.55. The topological polar surface area (TPSA) is 21.3 Å². The van der Waals surface area contributed by atoms with Gasteiger partial charge in [-0.3, -0.25) is 0 Å². The minimum atomic E-state index is 0.0393. The molecule has 2 rings (SSSR count). The molecule has 18 heavy (non-hydrogen) atoms. The van der Waals surface area contributed by atoms with E-state index in [0.29, 0.717) is 0 Å². The molecule has 0 bridgehead atoms. The molecule has 1 aliphatic carbocycles. The third kappa shape index (κ3) is 3.18. The first-order chi connectivity index (χ1) is 8.65. The van der Waals surface area contributed by atoms with Crippen LogP contribution >= 0.6 is 11.6 Å². The van der Waals surface area contributed by atoms with Crippen molar-refractivity contribution in [2.75, 3.05) is 13.1 Å². The Labute approximate surface area is 115 Å². The van der Waals surface area contributed by atoms with Gasteiger partial charge in [0, 0.05) is 5.02 Å². The molecular formula is C15H22ClNO. The van der Waals surface area contributed by atoms with Crippen molar-refractivity contribution in [3.63, 3.8) is 0 Å². The number of hydrogen-bond donors (Lipinski definition) is 1. The lowest BCUT2D eigenvalue weighted by molar-refractivity contribution is -0.0146. The van der Waals surface area contributed by atoms with Crippen LogP contribution in [0.5, 0.6) is 5.75 Å². The number of aryl methyl sites for hydroxylation is 1. The number of halogens is 1. The molecule has 1 aromatic rings. The molecule has 0 amide bonds. The average molecular weight is 268 g/mol.